The van der Waals surface area contributed by atoms with E-state index in [1.807, 2.05) is 6.92 Å². The van der Waals surface area contributed by atoms with Crippen LogP contribution in [-0.4, -0.2) is 25.7 Å². The highest BCUT2D eigenvalue weighted by Crippen LogP contribution is 2.13. The van der Waals surface area contributed by atoms with E-state index in [1.165, 1.54) is 129 Å². The molecule has 0 heterocycles. The van der Waals surface area contributed by atoms with E-state index < -0.39 is 0 Å². The predicted molar refractivity (Wildman–Crippen MR) is 151 cm³/mol. The number of ether oxygens (including phenoxy) is 2. The topological polar surface area (TPSA) is 52.6 Å². The van der Waals surface area contributed by atoms with Crippen LogP contribution in [-0.2, 0) is 19.1 Å². The molecule has 0 atom stereocenters. The molecule has 35 heavy (non-hydrogen) atoms. The Morgan fingerprint density at radius 2 is 0.743 bits per heavy atom. The molecular formula is C31H62O4. The lowest BCUT2D eigenvalue weighted by Crippen LogP contribution is -2.04. The smallest absolute Gasteiger partial charge is 0.305 e. The van der Waals surface area contributed by atoms with Crippen LogP contribution in [0, 0.1) is 0 Å². The Morgan fingerprint density at radius 3 is 1.06 bits per heavy atom. The molecule has 0 unspecified atom stereocenters. The number of methoxy groups -OCH3 is 1. The van der Waals surface area contributed by atoms with Gasteiger partial charge in [0, 0.05) is 12.8 Å². The molecule has 0 amide bonds. The molecule has 0 radical (unpaired) electrons. The number of unbranched alkanes of at least 4 members (excludes halogenated alkanes) is 19. The van der Waals surface area contributed by atoms with Crippen LogP contribution in [0.3, 0.4) is 0 Å². The summed E-state index contributed by atoms with van der Waals surface area (Å²) in [6.45, 7) is 7.12. The van der Waals surface area contributed by atoms with Crippen LogP contribution in [0.2, 0.25) is 0 Å². The van der Waals surface area contributed by atoms with E-state index in [2.05, 4.69) is 18.6 Å². The molecule has 4 nitrogen and oxygen atoms in total. The molecule has 0 rings (SSSR count). The zero-order valence-electron chi connectivity index (χ0n) is 24.3. The van der Waals surface area contributed by atoms with Crippen molar-refractivity contribution < 1.29 is 19.1 Å². The fourth-order valence-electron chi connectivity index (χ4n) is 4.08. The summed E-state index contributed by atoms with van der Waals surface area (Å²) >= 11 is 0. The highest BCUT2D eigenvalue weighted by Gasteiger charge is 2.01. The molecule has 0 aliphatic carbocycles. The van der Waals surface area contributed by atoms with Gasteiger partial charge in [0.15, 0.2) is 0 Å². The Hall–Kier alpha value is -1.06. The van der Waals surface area contributed by atoms with Gasteiger partial charge in [0.05, 0.1) is 13.7 Å². The summed E-state index contributed by atoms with van der Waals surface area (Å²) in [4.78, 5) is 22.1. The largest absolute Gasteiger partial charge is 0.469 e. The van der Waals surface area contributed by atoms with Gasteiger partial charge < -0.3 is 9.47 Å². The van der Waals surface area contributed by atoms with Gasteiger partial charge in [0.1, 0.15) is 0 Å². The van der Waals surface area contributed by atoms with Gasteiger partial charge >= 0.3 is 11.9 Å². The van der Waals surface area contributed by atoms with Crippen LogP contribution < -0.4 is 0 Å². The van der Waals surface area contributed by atoms with Gasteiger partial charge in [-0.15, -0.1) is 0 Å². The van der Waals surface area contributed by atoms with E-state index in [9.17, 15) is 9.59 Å². The SMILES string of the molecule is CCCCCCCCCCCCC(=O)OCCC.CCCCCCCCCCCCCC(=O)OC. The first-order valence-corrected chi connectivity index (χ1v) is 15.3. The summed E-state index contributed by atoms with van der Waals surface area (Å²) in [5, 5.41) is 0. The van der Waals surface area contributed by atoms with Gasteiger partial charge in [0.25, 0.3) is 0 Å². The van der Waals surface area contributed by atoms with Crippen LogP contribution in [0.4, 0.5) is 0 Å². The minimum Gasteiger partial charge on any atom is -0.469 e. The Labute approximate surface area is 219 Å². The van der Waals surface area contributed by atoms with Crippen molar-refractivity contribution in [1.29, 1.82) is 0 Å². The van der Waals surface area contributed by atoms with Crippen LogP contribution in [0.25, 0.3) is 0 Å². The monoisotopic (exact) mass is 498 g/mol. The third-order valence-electron chi connectivity index (χ3n) is 6.41. The van der Waals surface area contributed by atoms with Crippen molar-refractivity contribution in [1.82, 2.24) is 0 Å². The molecule has 0 aromatic carbocycles. The number of hydrogen-bond donors (Lipinski definition) is 0. The molecule has 0 aromatic heterocycles. The zero-order chi connectivity index (χ0) is 26.2. The third kappa shape index (κ3) is 35.2. The van der Waals surface area contributed by atoms with E-state index in [0.717, 1.165) is 19.3 Å². The van der Waals surface area contributed by atoms with Gasteiger partial charge in [-0.3, -0.25) is 9.59 Å². The van der Waals surface area contributed by atoms with Crippen molar-refractivity contribution in [3.63, 3.8) is 0 Å². The van der Waals surface area contributed by atoms with Crippen molar-refractivity contribution in [3.05, 3.63) is 0 Å². The van der Waals surface area contributed by atoms with E-state index in [4.69, 9.17) is 4.74 Å². The lowest BCUT2D eigenvalue weighted by atomic mass is 10.1. The first-order chi connectivity index (χ1) is 17.1. The van der Waals surface area contributed by atoms with E-state index in [-0.39, 0.29) is 11.9 Å². The Kier molecular flexibility index (Phi) is 34.0. The molecular weight excluding hydrogens is 436 g/mol. The Bertz CT molecular complexity index is 422. The molecule has 0 fully saturated rings. The van der Waals surface area contributed by atoms with Gasteiger partial charge in [0.2, 0.25) is 0 Å². The number of rotatable bonds is 25. The second-order valence-electron chi connectivity index (χ2n) is 10.0. The predicted octanol–water partition coefficient (Wildman–Crippen LogP) is 10.1. The molecule has 0 saturated heterocycles. The summed E-state index contributed by atoms with van der Waals surface area (Å²) in [6, 6.07) is 0. The van der Waals surface area contributed by atoms with Gasteiger partial charge in [-0.2, -0.15) is 0 Å². The number of carbonyl (C=O) groups excluding carboxylic acids is 2. The highest BCUT2D eigenvalue weighted by molar-refractivity contribution is 5.69. The molecule has 0 aliphatic heterocycles. The standard InChI is InChI=1S/C16H32O2.C15H30O2/c1-3-5-6-7-8-9-10-11-12-13-14-16(17)18-15-4-2;1-3-4-5-6-7-8-9-10-11-12-13-14-15(16)17-2/h3-15H2,1-2H3;3-14H2,1-2H3. The summed E-state index contributed by atoms with van der Waals surface area (Å²) in [5.41, 5.74) is 0. The molecule has 0 aliphatic rings. The molecule has 0 N–H and O–H groups in total. The fourth-order valence-corrected chi connectivity index (χ4v) is 4.08. The summed E-state index contributed by atoms with van der Waals surface area (Å²) in [6.07, 6.45) is 29.6. The molecule has 4 heteroatoms. The van der Waals surface area contributed by atoms with Crippen molar-refractivity contribution >= 4 is 11.9 Å². The van der Waals surface area contributed by atoms with Crippen LogP contribution in [0.5, 0.6) is 0 Å². The average molecular weight is 499 g/mol. The van der Waals surface area contributed by atoms with Crippen LogP contribution in [0.1, 0.15) is 175 Å². The first kappa shape index (κ1) is 36.1. The maximum Gasteiger partial charge on any atom is 0.305 e. The minimum absolute atomic E-state index is 0.0172. The summed E-state index contributed by atoms with van der Waals surface area (Å²) in [5.74, 6) is -0.0858. The highest BCUT2D eigenvalue weighted by atomic mass is 16.5. The van der Waals surface area contributed by atoms with Crippen molar-refractivity contribution in [2.75, 3.05) is 13.7 Å². The fraction of sp³-hybridized carbons (Fsp3) is 0.935. The van der Waals surface area contributed by atoms with Crippen molar-refractivity contribution in [2.24, 2.45) is 0 Å². The van der Waals surface area contributed by atoms with Crippen molar-refractivity contribution in [2.45, 2.75) is 175 Å². The van der Waals surface area contributed by atoms with E-state index >= 15 is 0 Å². The maximum atomic E-state index is 11.2. The minimum atomic E-state index is -0.0686. The average Bonchev–Trinajstić information content (AvgIpc) is 2.87. The molecule has 210 valence electrons. The summed E-state index contributed by atoms with van der Waals surface area (Å²) in [7, 11) is 1.46. The molecule has 0 aromatic rings. The second-order valence-corrected chi connectivity index (χ2v) is 10.0. The third-order valence-corrected chi connectivity index (χ3v) is 6.41. The van der Waals surface area contributed by atoms with Crippen molar-refractivity contribution in [3.8, 4) is 0 Å². The molecule has 0 spiro atoms. The van der Waals surface area contributed by atoms with E-state index in [0.29, 0.717) is 19.4 Å². The zero-order valence-corrected chi connectivity index (χ0v) is 24.3. The Balaban J connectivity index is 0. The lowest BCUT2D eigenvalue weighted by Gasteiger charge is -2.03. The van der Waals surface area contributed by atoms with Gasteiger partial charge in [-0.05, 0) is 19.3 Å². The Morgan fingerprint density at radius 1 is 0.429 bits per heavy atom. The lowest BCUT2D eigenvalue weighted by molar-refractivity contribution is -0.144. The normalized spacial score (nSPS) is 10.5. The van der Waals surface area contributed by atoms with Gasteiger partial charge in [-0.25, -0.2) is 0 Å². The van der Waals surface area contributed by atoms with Crippen LogP contribution >= 0.6 is 0 Å². The maximum absolute atomic E-state index is 11.2. The van der Waals surface area contributed by atoms with Gasteiger partial charge in [-0.1, -0.05) is 143 Å². The van der Waals surface area contributed by atoms with E-state index in [1.54, 1.807) is 0 Å². The number of esters is 2. The molecule has 0 saturated carbocycles. The quantitative estimate of drug-likeness (QED) is 0.0927. The first-order valence-electron chi connectivity index (χ1n) is 15.3. The second kappa shape index (κ2) is 32.9. The number of carbonyl (C=O) groups is 2. The number of hydrogen-bond acceptors (Lipinski definition) is 4. The van der Waals surface area contributed by atoms with Crippen LogP contribution in [0.15, 0.2) is 0 Å². The summed E-state index contributed by atoms with van der Waals surface area (Å²) < 4.78 is 9.64. The molecule has 0 bridgehead atoms.